The van der Waals surface area contributed by atoms with E-state index < -0.39 is 0 Å². The third-order valence-corrected chi connectivity index (χ3v) is 5.85. The smallest absolute Gasteiger partial charge is 0.119 e. The van der Waals surface area contributed by atoms with Crippen molar-refractivity contribution < 1.29 is 9.47 Å². The van der Waals surface area contributed by atoms with Crippen LogP contribution in [0.4, 0.5) is 0 Å². The minimum atomic E-state index is 0.361. The molecule has 0 radical (unpaired) electrons. The van der Waals surface area contributed by atoms with Crippen molar-refractivity contribution in [3.8, 4) is 17.2 Å². The molecule has 4 rings (SSSR count). The second-order valence-electron chi connectivity index (χ2n) is 7.76. The standard InChI is InChI=1S/C25H29N3O2/c1-17-25(18(2)28(27-17)22-9-13-24(30-4)14-10-22)20-7-8-21(15-20)26-16-19-5-11-23(29-3)12-6-19/h5-14,20-21,26H,15-16H2,1-4H3/t20-,21-/m1/s1. The Morgan fingerprint density at radius 1 is 0.933 bits per heavy atom. The van der Waals surface area contributed by atoms with E-state index in [2.05, 4.69) is 43.4 Å². The number of ether oxygens (including phenoxy) is 2. The Morgan fingerprint density at radius 3 is 2.20 bits per heavy atom. The molecule has 0 aliphatic heterocycles. The summed E-state index contributed by atoms with van der Waals surface area (Å²) in [6.07, 6.45) is 5.66. The molecule has 5 heteroatoms. The molecule has 1 aliphatic carbocycles. The number of aromatic nitrogens is 2. The van der Waals surface area contributed by atoms with Crippen LogP contribution in [0.5, 0.6) is 11.5 Å². The van der Waals surface area contributed by atoms with Crippen molar-refractivity contribution in [1.82, 2.24) is 15.1 Å². The molecule has 0 fully saturated rings. The summed E-state index contributed by atoms with van der Waals surface area (Å²) in [5, 5.41) is 8.48. The van der Waals surface area contributed by atoms with Crippen molar-refractivity contribution in [1.29, 1.82) is 0 Å². The van der Waals surface area contributed by atoms with E-state index in [4.69, 9.17) is 14.6 Å². The van der Waals surface area contributed by atoms with Crippen LogP contribution in [-0.2, 0) is 6.54 Å². The van der Waals surface area contributed by atoms with Gasteiger partial charge in [0.15, 0.2) is 0 Å². The van der Waals surface area contributed by atoms with Crippen LogP contribution in [-0.4, -0.2) is 30.0 Å². The van der Waals surface area contributed by atoms with Crippen molar-refractivity contribution in [2.45, 2.75) is 38.8 Å². The van der Waals surface area contributed by atoms with E-state index in [1.54, 1.807) is 14.2 Å². The van der Waals surface area contributed by atoms with Gasteiger partial charge in [0.1, 0.15) is 11.5 Å². The average Bonchev–Trinajstić information content (AvgIpc) is 3.36. The lowest BCUT2D eigenvalue weighted by molar-refractivity contribution is 0.414. The minimum Gasteiger partial charge on any atom is -0.497 e. The van der Waals surface area contributed by atoms with Gasteiger partial charge in [-0.25, -0.2) is 4.68 Å². The molecule has 0 saturated carbocycles. The molecule has 1 aromatic heterocycles. The van der Waals surface area contributed by atoms with E-state index in [0.717, 1.165) is 35.8 Å². The first-order valence-electron chi connectivity index (χ1n) is 10.3. The molecular weight excluding hydrogens is 374 g/mol. The molecule has 0 saturated heterocycles. The van der Waals surface area contributed by atoms with Gasteiger partial charge in [-0.1, -0.05) is 24.3 Å². The number of benzene rings is 2. The number of nitrogens with zero attached hydrogens (tertiary/aromatic N) is 2. The highest BCUT2D eigenvalue weighted by atomic mass is 16.5. The third kappa shape index (κ3) is 4.12. The second kappa shape index (κ2) is 8.76. The Balaban J connectivity index is 1.43. The van der Waals surface area contributed by atoms with Crippen LogP contribution < -0.4 is 14.8 Å². The number of rotatable bonds is 7. The predicted octanol–water partition coefficient (Wildman–Crippen LogP) is 4.71. The Hall–Kier alpha value is -3.05. The SMILES string of the molecule is COc1ccc(CN[C@@H]2C=C[C@@H](c3c(C)nn(-c4ccc(OC)cc4)c3C)C2)cc1. The fourth-order valence-corrected chi connectivity index (χ4v) is 4.22. The highest BCUT2D eigenvalue weighted by molar-refractivity contribution is 5.43. The molecule has 2 aromatic carbocycles. The van der Waals surface area contributed by atoms with E-state index >= 15 is 0 Å². The molecule has 0 unspecified atom stereocenters. The minimum absolute atomic E-state index is 0.361. The van der Waals surface area contributed by atoms with Crippen molar-refractivity contribution in [3.63, 3.8) is 0 Å². The van der Waals surface area contributed by atoms with Crippen LogP contribution in [0.1, 0.15) is 34.9 Å². The molecule has 0 amide bonds. The van der Waals surface area contributed by atoms with Crippen LogP contribution in [0.25, 0.3) is 5.69 Å². The lowest BCUT2D eigenvalue weighted by Gasteiger charge is -2.15. The zero-order valence-corrected chi connectivity index (χ0v) is 18.1. The second-order valence-corrected chi connectivity index (χ2v) is 7.76. The van der Waals surface area contributed by atoms with Crippen molar-refractivity contribution >= 4 is 0 Å². The first-order valence-corrected chi connectivity index (χ1v) is 10.3. The topological polar surface area (TPSA) is 48.3 Å². The molecule has 5 nitrogen and oxygen atoms in total. The largest absolute Gasteiger partial charge is 0.497 e. The molecule has 2 atom stereocenters. The molecule has 3 aromatic rings. The molecule has 1 aliphatic rings. The molecule has 0 spiro atoms. The summed E-state index contributed by atoms with van der Waals surface area (Å²) >= 11 is 0. The van der Waals surface area contributed by atoms with E-state index in [0.29, 0.717) is 12.0 Å². The lowest BCUT2D eigenvalue weighted by Crippen LogP contribution is -2.25. The monoisotopic (exact) mass is 403 g/mol. The summed E-state index contributed by atoms with van der Waals surface area (Å²) < 4.78 is 12.5. The van der Waals surface area contributed by atoms with Gasteiger partial charge in [-0.15, -0.1) is 0 Å². The summed E-state index contributed by atoms with van der Waals surface area (Å²) in [5.41, 5.74) is 5.93. The molecule has 30 heavy (non-hydrogen) atoms. The third-order valence-electron chi connectivity index (χ3n) is 5.85. The van der Waals surface area contributed by atoms with E-state index in [1.165, 1.54) is 16.8 Å². The molecule has 1 N–H and O–H groups in total. The Labute approximate surface area is 178 Å². The predicted molar refractivity (Wildman–Crippen MR) is 120 cm³/mol. The normalized spacial score (nSPS) is 18.0. The van der Waals surface area contributed by atoms with Gasteiger partial charge in [-0.3, -0.25) is 0 Å². The number of hydrogen-bond acceptors (Lipinski definition) is 4. The summed E-state index contributed by atoms with van der Waals surface area (Å²) in [4.78, 5) is 0. The van der Waals surface area contributed by atoms with Crippen LogP contribution >= 0.6 is 0 Å². The quantitative estimate of drug-likeness (QED) is 0.581. The van der Waals surface area contributed by atoms with Crippen molar-refractivity contribution in [2.75, 3.05) is 14.2 Å². The van der Waals surface area contributed by atoms with Gasteiger partial charge in [0.25, 0.3) is 0 Å². The average molecular weight is 404 g/mol. The van der Waals surface area contributed by atoms with Gasteiger partial charge in [0, 0.05) is 29.8 Å². The zero-order chi connectivity index (χ0) is 21.1. The zero-order valence-electron chi connectivity index (χ0n) is 18.1. The van der Waals surface area contributed by atoms with Crippen molar-refractivity contribution in [2.24, 2.45) is 0 Å². The van der Waals surface area contributed by atoms with E-state index in [1.807, 2.05) is 41.1 Å². The number of methoxy groups -OCH3 is 2. The van der Waals surface area contributed by atoms with E-state index in [-0.39, 0.29) is 0 Å². The summed E-state index contributed by atoms with van der Waals surface area (Å²) in [7, 11) is 3.37. The number of aryl methyl sites for hydroxylation is 1. The molecule has 156 valence electrons. The van der Waals surface area contributed by atoms with Gasteiger partial charge in [0.05, 0.1) is 25.6 Å². The number of allylic oxidation sites excluding steroid dienone is 1. The number of hydrogen-bond donors (Lipinski definition) is 1. The van der Waals surface area contributed by atoms with Gasteiger partial charge in [0.2, 0.25) is 0 Å². The Kier molecular flexibility index (Phi) is 5.91. The van der Waals surface area contributed by atoms with Crippen LogP contribution in [0.3, 0.4) is 0 Å². The van der Waals surface area contributed by atoms with Gasteiger partial charge >= 0.3 is 0 Å². The Morgan fingerprint density at radius 2 is 1.57 bits per heavy atom. The van der Waals surface area contributed by atoms with Gasteiger partial charge < -0.3 is 14.8 Å². The first kappa shape index (κ1) is 20.2. The van der Waals surface area contributed by atoms with Crippen molar-refractivity contribution in [3.05, 3.63) is 83.2 Å². The van der Waals surface area contributed by atoms with Gasteiger partial charge in [-0.2, -0.15) is 5.10 Å². The summed E-state index contributed by atoms with van der Waals surface area (Å²) in [5.74, 6) is 2.12. The number of nitrogens with one attached hydrogen (secondary N) is 1. The first-order chi connectivity index (χ1) is 14.6. The van der Waals surface area contributed by atoms with E-state index in [9.17, 15) is 0 Å². The fourth-order valence-electron chi connectivity index (χ4n) is 4.22. The maximum absolute atomic E-state index is 5.27. The van der Waals surface area contributed by atoms with Crippen LogP contribution in [0.15, 0.2) is 60.7 Å². The highest BCUT2D eigenvalue weighted by Gasteiger charge is 2.26. The van der Waals surface area contributed by atoms with Gasteiger partial charge in [-0.05, 0) is 62.2 Å². The summed E-state index contributed by atoms with van der Waals surface area (Å²) in [6.45, 7) is 5.11. The fraction of sp³-hybridized carbons (Fsp3) is 0.320. The maximum atomic E-state index is 5.27. The molecule has 0 bridgehead atoms. The van der Waals surface area contributed by atoms with Crippen LogP contribution in [0, 0.1) is 13.8 Å². The Bertz CT molecular complexity index is 1020. The molecular formula is C25H29N3O2. The maximum Gasteiger partial charge on any atom is 0.119 e. The summed E-state index contributed by atoms with van der Waals surface area (Å²) in [6, 6.07) is 16.6. The lowest BCUT2D eigenvalue weighted by atomic mass is 9.96. The molecule has 1 heterocycles. The highest BCUT2D eigenvalue weighted by Crippen LogP contribution is 2.34. The van der Waals surface area contributed by atoms with Crippen LogP contribution in [0.2, 0.25) is 0 Å².